The van der Waals surface area contributed by atoms with E-state index in [1.54, 1.807) is 6.08 Å². The Labute approximate surface area is 186 Å². The number of carbonyl (C=O) groups is 1. The Balaban J connectivity index is 1.51. The Morgan fingerprint density at radius 3 is 2.35 bits per heavy atom. The molecule has 1 saturated carbocycles. The third-order valence-electron chi connectivity index (χ3n) is 5.86. The third kappa shape index (κ3) is 7.64. The summed E-state index contributed by atoms with van der Waals surface area (Å²) in [6, 6.07) is 20.2. The van der Waals surface area contributed by atoms with E-state index >= 15 is 0 Å². The van der Waals surface area contributed by atoms with Crippen LogP contribution in [0.4, 0.5) is 0 Å². The summed E-state index contributed by atoms with van der Waals surface area (Å²) in [4.78, 5) is 12.2. The highest BCUT2D eigenvalue weighted by atomic mass is 16.7. The molecule has 2 atom stereocenters. The molecule has 0 unspecified atom stereocenters. The predicted molar refractivity (Wildman–Crippen MR) is 122 cm³/mol. The molecule has 0 N–H and O–H groups in total. The summed E-state index contributed by atoms with van der Waals surface area (Å²) in [7, 11) is 0. The van der Waals surface area contributed by atoms with Crippen molar-refractivity contribution in [2.75, 3.05) is 6.79 Å². The van der Waals surface area contributed by atoms with Crippen molar-refractivity contribution >= 4 is 5.97 Å². The second-order valence-corrected chi connectivity index (χ2v) is 8.64. The van der Waals surface area contributed by atoms with Gasteiger partial charge in [0, 0.05) is 6.08 Å². The van der Waals surface area contributed by atoms with E-state index in [-0.39, 0.29) is 30.4 Å². The van der Waals surface area contributed by atoms with Crippen molar-refractivity contribution in [2.24, 2.45) is 5.92 Å². The number of esters is 1. The van der Waals surface area contributed by atoms with Crippen LogP contribution in [0, 0.1) is 5.92 Å². The van der Waals surface area contributed by atoms with Crippen LogP contribution in [0.25, 0.3) is 0 Å². The Kier molecular flexibility index (Phi) is 8.86. The fourth-order valence-corrected chi connectivity index (χ4v) is 4.09. The quantitative estimate of drug-likeness (QED) is 0.182. The minimum Gasteiger partial charge on any atom is -0.456 e. The average Bonchev–Trinajstić information content (AvgIpc) is 3.20. The first kappa shape index (κ1) is 23.2. The molecule has 4 heteroatoms. The summed E-state index contributed by atoms with van der Waals surface area (Å²) in [5.41, 5.74) is 1.93. The van der Waals surface area contributed by atoms with Crippen LogP contribution in [0.1, 0.15) is 63.2 Å². The number of hydrogen-bond donors (Lipinski definition) is 0. The Hall–Kier alpha value is -2.43. The van der Waals surface area contributed by atoms with Gasteiger partial charge in [0.2, 0.25) is 0 Å². The van der Waals surface area contributed by atoms with Crippen LogP contribution in [0.2, 0.25) is 0 Å². The maximum absolute atomic E-state index is 12.2. The van der Waals surface area contributed by atoms with Crippen molar-refractivity contribution < 1.29 is 19.0 Å². The van der Waals surface area contributed by atoms with Crippen molar-refractivity contribution in [2.45, 2.75) is 64.3 Å². The highest BCUT2D eigenvalue weighted by Gasteiger charge is 2.31. The highest BCUT2D eigenvalue weighted by Crippen LogP contribution is 2.33. The zero-order valence-corrected chi connectivity index (χ0v) is 18.7. The highest BCUT2D eigenvalue weighted by molar-refractivity contribution is 5.82. The normalized spacial score (nSPS) is 17.5. The Morgan fingerprint density at radius 1 is 1.03 bits per heavy atom. The van der Waals surface area contributed by atoms with Gasteiger partial charge in [-0.3, -0.25) is 0 Å². The molecule has 0 amide bonds. The molecular formula is C27H34O4. The van der Waals surface area contributed by atoms with Crippen molar-refractivity contribution in [3.05, 3.63) is 83.9 Å². The molecule has 1 fully saturated rings. The summed E-state index contributed by atoms with van der Waals surface area (Å²) < 4.78 is 17.5. The fourth-order valence-electron chi connectivity index (χ4n) is 4.09. The minimum atomic E-state index is -0.293. The lowest BCUT2D eigenvalue weighted by molar-refractivity contribution is -0.151. The number of carbonyl (C=O) groups excluding carboxylic acids is 1. The van der Waals surface area contributed by atoms with Gasteiger partial charge in [-0.05, 0) is 56.1 Å². The summed E-state index contributed by atoms with van der Waals surface area (Å²) >= 11 is 0. The SMILES string of the molecule is C[C@@H](C/C=C/C(=O)OC1(C)CCCC1)[C@H](OCOCc1ccccc1)c1ccccc1. The van der Waals surface area contributed by atoms with Gasteiger partial charge in [0.15, 0.2) is 0 Å². The molecule has 0 radical (unpaired) electrons. The van der Waals surface area contributed by atoms with Crippen LogP contribution in [-0.2, 0) is 25.6 Å². The molecule has 31 heavy (non-hydrogen) atoms. The lowest BCUT2D eigenvalue weighted by atomic mass is 9.94. The van der Waals surface area contributed by atoms with E-state index in [1.165, 1.54) is 0 Å². The summed E-state index contributed by atoms with van der Waals surface area (Å²) in [5.74, 6) is -0.0752. The number of allylic oxidation sites excluding steroid dienone is 1. The monoisotopic (exact) mass is 422 g/mol. The molecule has 0 saturated heterocycles. The lowest BCUT2D eigenvalue weighted by Crippen LogP contribution is -2.27. The molecule has 4 nitrogen and oxygen atoms in total. The second kappa shape index (κ2) is 11.8. The van der Waals surface area contributed by atoms with Crippen LogP contribution < -0.4 is 0 Å². The van der Waals surface area contributed by atoms with Crippen LogP contribution in [0.5, 0.6) is 0 Å². The van der Waals surface area contributed by atoms with Gasteiger partial charge in [-0.1, -0.05) is 73.7 Å². The predicted octanol–water partition coefficient (Wildman–Crippen LogP) is 6.38. The standard InChI is InChI=1S/C27H34O4/c1-22(12-11-17-25(28)31-27(2)18-9-10-19-27)26(24-15-7-4-8-16-24)30-21-29-20-23-13-5-3-6-14-23/h3-8,11,13-17,22,26H,9-10,12,18-21H2,1-2H3/b17-11+/t22-,26-/m0/s1. The first-order chi connectivity index (χ1) is 15.1. The van der Waals surface area contributed by atoms with Crippen LogP contribution in [-0.4, -0.2) is 18.4 Å². The van der Waals surface area contributed by atoms with Gasteiger partial charge in [-0.15, -0.1) is 0 Å². The fraction of sp³-hybridized carbons (Fsp3) is 0.444. The molecule has 0 aromatic heterocycles. The second-order valence-electron chi connectivity index (χ2n) is 8.64. The third-order valence-corrected chi connectivity index (χ3v) is 5.86. The molecule has 166 valence electrons. The first-order valence-electron chi connectivity index (χ1n) is 11.2. The average molecular weight is 423 g/mol. The molecule has 0 heterocycles. The van der Waals surface area contributed by atoms with E-state index in [1.807, 2.05) is 61.5 Å². The largest absolute Gasteiger partial charge is 0.456 e. The Morgan fingerprint density at radius 2 is 1.68 bits per heavy atom. The zero-order chi connectivity index (χ0) is 21.9. The van der Waals surface area contributed by atoms with Gasteiger partial charge in [-0.25, -0.2) is 4.79 Å². The molecule has 0 bridgehead atoms. The smallest absolute Gasteiger partial charge is 0.330 e. The van der Waals surface area contributed by atoms with Crippen molar-refractivity contribution in [3.63, 3.8) is 0 Å². The van der Waals surface area contributed by atoms with Crippen LogP contribution >= 0.6 is 0 Å². The van der Waals surface area contributed by atoms with E-state index in [0.29, 0.717) is 13.0 Å². The molecule has 1 aliphatic rings. The minimum absolute atomic E-state index is 0.120. The number of hydrogen-bond acceptors (Lipinski definition) is 4. The van der Waals surface area contributed by atoms with Gasteiger partial charge in [0.1, 0.15) is 12.4 Å². The van der Waals surface area contributed by atoms with E-state index in [0.717, 1.165) is 36.8 Å². The van der Waals surface area contributed by atoms with Gasteiger partial charge in [0.05, 0.1) is 12.7 Å². The molecular weight excluding hydrogens is 388 g/mol. The number of benzene rings is 2. The van der Waals surface area contributed by atoms with Gasteiger partial charge in [-0.2, -0.15) is 0 Å². The molecule has 2 aromatic carbocycles. The summed E-state index contributed by atoms with van der Waals surface area (Å²) in [6.45, 7) is 4.88. The Bertz CT molecular complexity index is 810. The molecule has 0 aliphatic heterocycles. The maximum atomic E-state index is 12.2. The molecule has 3 rings (SSSR count). The van der Waals surface area contributed by atoms with Gasteiger partial charge >= 0.3 is 5.97 Å². The van der Waals surface area contributed by atoms with Gasteiger partial charge in [0.25, 0.3) is 0 Å². The number of rotatable bonds is 11. The zero-order valence-electron chi connectivity index (χ0n) is 18.7. The van der Waals surface area contributed by atoms with Crippen molar-refractivity contribution in [1.29, 1.82) is 0 Å². The van der Waals surface area contributed by atoms with E-state index in [9.17, 15) is 4.79 Å². The van der Waals surface area contributed by atoms with Crippen molar-refractivity contribution in [3.8, 4) is 0 Å². The van der Waals surface area contributed by atoms with E-state index < -0.39 is 0 Å². The topological polar surface area (TPSA) is 44.8 Å². The lowest BCUT2D eigenvalue weighted by Gasteiger charge is -2.24. The molecule has 1 aliphatic carbocycles. The molecule has 0 spiro atoms. The summed E-state index contributed by atoms with van der Waals surface area (Å²) in [5, 5.41) is 0. The summed E-state index contributed by atoms with van der Waals surface area (Å²) in [6.07, 6.45) is 8.23. The maximum Gasteiger partial charge on any atom is 0.330 e. The first-order valence-corrected chi connectivity index (χ1v) is 11.2. The van der Waals surface area contributed by atoms with E-state index in [4.69, 9.17) is 14.2 Å². The van der Waals surface area contributed by atoms with Crippen molar-refractivity contribution in [1.82, 2.24) is 0 Å². The molecule has 2 aromatic rings. The number of ether oxygens (including phenoxy) is 3. The van der Waals surface area contributed by atoms with Crippen LogP contribution in [0.3, 0.4) is 0 Å². The van der Waals surface area contributed by atoms with E-state index in [2.05, 4.69) is 19.1 Å². The van der Waals surface area contributed by atoms with Crippen LogP contribution in [0.15, 0.2) is 72.8 Å². The van der Waals surface area contributed by atoms with Gasteiger partial charge < -0.3 is 14.2 Å².